The largest absolute Gasteiger partial charge is 0.322 e. The number of anilines is 1. The number of amides is 2. The van der Waals surface area contributed by atoms with Gasteiger partial charge in [0.25, 0.3) is 0 Å². The minimum Gasteiger partial charge on any atom is -0.312 e. The van der Waals surface area contributed by atoms with Gasteiger partial charge in [-0.2, -0.15) is 0 Å². The summed E-state index contributed by atoms with van der Waals surface area (Å²) in [6.07, 6.45) is 3.69. The normalized spacial score (nSPS) is 23.4. The summed E-state index contributed by atoms with van der Waals surface area (Å²) >= 11 is 0. The zero-order valence-corrected chi connectivity index (χ0v) is 15.4. The highest BCUT2D eigenvalue weighted by molar-refractivity contribution is 5.93. The molecule has 136 valence electrons. The first-order valence-electron chi connectivity index (χ1n) is 9.73. The summed E-state index contributed by atoms with van der Waals surface area (Å²) in [5.74, 6) is 0. The van der Waals surface area contributed by atoms with Gasteiger partial charge in [-0.3, -0.25) is 4.90 Å². The second kappa shape index (κ2) is 7.50. The van der Waals surface area contributed by atoms with Gasteiger partial charge >= 0.3 is 6.03 Å². The Hall–Kier alpha value is -2.33. The molecule has 2 aromatic carbocycles. The van der Waals surface area contributed by atoms with Gasteiger partial charge in [0.15, 0.2) is 0 Å². The molecule has 1 fully saturated rings. The van der Waals surface area contributed by atoms with Crippen LogP contribution in [0, 0.1) is 0 Å². The van der Waals surface area contributed by atoms with Gasteiger partial charge in [0, 0.05) is 23.8 Å². The number of hydrogen-bond donors (Lipinski definition) is 1. The SMILES string of the molecule is CCN1CCCCC1CN1C(=O)Nc2ccccc2C1c1ccccc1. The molecule has 0 radical (unpaired) electrons. The molecule has 2 aromatic rings. The number of piperidine rings is 1. The van der Waals surface area contributed by atoms with Crippen LogP contribution in [0.5, 0.6) is 0 Å². The summed E-state index contributed by atoms with van der Waals surface area (Å²) in [7, 11) is 0. The number of urea groups is 1. The summed E-state index contributed by atoms with van der Waals surface area (Å²) in [5, 5.41) is 3.10. The smallest absolute Gasteiger partial charge is 0.312 e. The molecular formula is C22H27N3O. The number of para-hydroxylation sites is 1. The van der Waals surface area contributed by atoms with Crippen molar-refractivity contribution in [2.75, 3.05) is 25.0 Å². The van der Waals surface area contributed by atoms with Crippen molar-refractivity contribution in [3.63, 3.8) is 0 Å². The van der Waals surface area contributed by atoms with Gasteiger partial charge in [-0.15, -0.1) is 0 Å². The monoisotopic (exact) mass is 349 g/mol. The Morgan fingerprint density at radius 2 is 1.81 bits per heavy atom. The van der Waals surface area contributed by atoms with Crippen molar-refractivity contribution in [2.45, 2.75) is 38.3 Å². The molecule has 0 aliphatic carbocycles. The Kier molecular flexibility index (Phi) is 4.93. The molecule has 0 spiro atoms. The molecule has 26 heavy (non-hydrogen) atoms. The molecule has 4 rings (SSSR count). The number of fused-ring (bicyclic) bond motifs is 1. The number of benzene rings is 2. The first-order chi connectivity index (χ1) is 12.8. The number of rotatable bonds is 4. The molecule has 2 aliphatic heterocycles. The summed E-state index contributed by atoms with van der Waals surface area (Å²) in [6, 6.07) is 19.0. The van der Waals surface area contributed by atoms with E-state index in [1.54, 1.807) is 0 Å². The predicted octanol–water partition coefficient (Wildman–Crippen LogP) is 4.50. The van der Waals surface area contributed by atoms with Crippen molar-refractivity contribution in [1.29, 1.82) is 0 Å². The fourth-order valence-corrected chi connectivity index (χ4v) is 4.41. The number of hydrogen-bond acceptors (Lipinski definition) is 2. The van der Waals surface area contributed by atoms with Crippen molar-refractivity contribution in [3.05, 3.63) is 65.7 Å². The molecule has 2 heterocycles. The maximum Gasteiger partial charge on any atom is 0.322 e. The van der Waals surface area contributed by atoms with Crippen LogP contribution in [-0.4, -0.2) is 41.5 Å². The summed E-state index contributed by atoms with van der Waals surface area (Å²) in [5.41, 5.74) is 3.28. The van der Waals surface area contributed by atoms with Crippen molar-refractivity contribution in [1.82, 2.24) is 9.80 Å². The summed E-state index contributed by atoms with van der Waals surface area (Å²) in [6.45, 7) is 5.18. The first kappa shape index (κ1) is 17.1. The molecule has 2 atom stereocenters. The average Bonchev–Trinajstić information content (AvgIpc) is 2.69. The highest BCUT2D eigenvalue weighted by Crippen LogP contribution is 2.38. The minimum absolute atomic E-state index is 0.0131. The molecular weight excluding hydrogens is 322 g/mol. The van der Waals surface area contributed by atoms with E-state index in [0.29, 0.717) is 6.04 Å². The summed E-state index contributed by atoms with van der Waals surface area (Å²) in [4.78, 5) is 17.6. The summed E-state index contributed by atoms with van der Waals surface area (Å²) < 4.78 is 0. The maximum atomic E-state index is 13.0. The number of likely N-dealkylation sites (tertiary alicyclic amines) is 1. The lowest BCUT2D eigenvalue weighted by molar-refractivity contribution is 0.109. The lowest BCUT2D eigenvalue weighted by Gasteiger charge is -2.43. The fourth-order valence-electron chi connectivity index (χ4n) is 4.41. The Balaban J connectivity index is 1.70. The number of carbonyl (C=O) groups excluding carboxylic acids is 1. The topological polar surface area (TPSA) is 35.6 Å². The van der Waals surface area contributed by atoms with Gasteiger partial charge in [-0.25, -0.2) is 4.79 Å². The van der Waals surface area contributed by atoms with Crippen LogP contribution < -0.4 is 5.32 Å². The van der Waals surface area contributed by atoms with Crippen LogP contribution in [0.3, 0.4) is 0 Å². The molecule has 1 N–H and O–H groups in total. The minimum atomic E-state index is -0.0261. The Morgan fingerprint density at radius 1 is 1.04 bits per heavy atom. The maximum absolute atomic E-state index is 13.0. The van der Waals surface area contributed by atoms with Crippen LogP contribution >= 0.6 is 0 Å². The third kappa shape index (κ3) is 3.21. The molecule has 1 saturated heterocycles. The first-order valence-corrected chi connectivity index (χ1v) is 9.73. The van der Waals surface area contributed by atoms with E-state index < -0.39 is 0 Å². The van der Waals surface area contributed by atoms with Gasteiger partial charge in [-0.05, 0) is 37.6 Å². The van der Waals surface area contributed by atoms with Gasteiger partial charge < -0.3 is 10.2 Å². The number of nitrogens with zero attached hydrogens (tertiary/aromatic N) is 2. The van der Waals surface area contributed by atoms with Crippen molar-refractivity contribution in [3.8, 4) is 0 Å². The number of likely N-dealkylation sites (N-methyl/N-ethyl adjacent to an activating group) is 1. The Bertz CT molecular complexity index is 761. The van der Waals surface area contributed by atoms with Gasteiger partial charge in [0.2, 0.25) is 0 Å². The second-order valence-corrected chi connectivity index (χ2v) is 7.26. The Morgan fingerprint density at radius 3 is 2.62 bits per heavy atom. The molecule has 0 saturated carbocycles. The molecule has 2 aliphatic rings. The van der Waals surface area contributed by atoms with Crippen molar-refractivity contribution < 1.29 is 4.79 Å². The molecule has 2 amide bonds. The fraction of sp³-hybridized carbons (Fsp3) is 0.409. The molecule has 2 unspecified atom stereocenters. The van der Waals surface area contributed by atoms with Gasteiger partial charge in [0.1, 0.15) is 0 Å². The zero-order valence-electron chi connectivity index (χ0n) is 15.4. The highest BCUT2D eigenvalue weighted by atomic mass is 16.2. The Labute approximate surface area is 155 Å². The van der Waals surface area contributed by atoms with E-state index in [-0.39, 0.29) is 12.1 Å². The molecule has 0 aromatic heterocycles. The van der Waals surface area contributed by atoms with Crippen LogP contribution in [0.2, 0.25) is 0 Å². The van der Waals surface area contributed by atoms with E-state index >= 15 is 0 Å². The van der Waals surface area contributed by atoms with Crippen molar-refractivity contribution in [2.24, 2.45) is 0 Å². The second-order valence-electron chi connectivity index (χ2n) is 7.26. The van der Waals surface area contributed by atoms with E-state index in [1.165, 1.54) is 30.4 Å². The predicted molar refractivity (Wildman–Crippen MR) is 105 cm³/mol. The quantitative estimate of drug-likeness (QED) is 0.882. The highest BCUT2D eigenvalue weighted by Gasteiger charge is 2.36. The lowest BCUT2D eigenvalue weighted by atomic mass is 9.92. The van der Waals surface area contributed by atoms with Crippen LogP contribution in [0.25, 0.3) is 0 Å². The van der Waals surface area contributed by atoms with Crippen LogP contribution in [0.4, 0.5) is 10.5 Å². The molecule has 4 nitrogen and oxygen atoms in total. The lowest BCUT2D eigenvalue weighted by Crippen LogP contribution is -2.51. The zero-order chi connectivity index (χ0) is 17.9. The van der Waals surface area contributed by atoms with E-state index in [2.05, 4.69) is 53.5 Å². The standard InChI is InChI=1S/C22H27N3O/c1-2-24-15-9-8-12-18(24)16-25-21(17-10-4-3-5-11-17)19-13-6-7-14-20(19)23-22(25)26/h3-7,10-11,13-14,18,21H,2,8-9,12,15-16H2,1H3,(H,23,26). The van der Waals surface area contributed by atoms with Gasteiger partial charge in [-0.1, -0.05) is 61.9 Å². The van der Waals surface area contributed by atoms with E-state index in [1.807, 2.05) is 23.1 Å². The molecule has 0 bridgehead atoms. The van der Waals surface area contributed by atoms with Gasteiger partial charge in [0.05, 0.1) is 6.04 Å². The number of carbonyl (C=O) groups is 1. The average molecular weight is 349 g/mol. The third-order valence-electron chi connectivity index (χ3n) is 5.75. The third-order valence-corrected chi connectivity index (χ3v) is 5.75. The van der Waals surface area contributed by atoms with E-state index in [9.17, 15) is 4.79 Å². The van der Waals surface area contributed by atoms with E-state index in [0.717, 1.165) is 25.3 Å². The number of nitrogens with one attached hydrogen (secondary N) is 1. The van der Waals surface area contributed by atoms with Crippen molar-refractivity contribution >= 4 is 11.7 Å². The van der Waals surface area contributed by atoms with E-state index in [4.69, 9.17) is 0 Å². The van der Waals surface area contributed by atoms with Crippen LogP contribution in [0.1, 0.15) is 43.4 Å². The molecule has 4 heteroatoms. The van der Waals surface area contributed by atoms with Crippen LogP contribution in [-0.2, 0) is 0 Å². The van der Waals surface area contributed by atoms with Crippen LogP contribution in [0.15, 0.2) is 54.6 Å².